The van der Waals surface area contributed by atoms with Crippen molar-refractivity contribution in [2.75, 3.05) is 20.3 Å². The summed E-state index contributed by atoms with van der Waals surface area (Å²) >= 11 is 0. The Morgan fingerprint density at radius 1 is 1.45 bits per heavy atom. The number of esters is 1. The van der Waals surface area contributed by atoms with Crippen molar-refractivity contribution >= 4 is 16.0 Å². The van der Waals surface area contributed by atoms with E-state index in [-0.39, 0.29) is 17.1 Å². The molecule has 0 aliphatic carbocycles. The van der Waals surface area contributed by atoms with Crippen molar-refractivity contribution in [2.45, 2.75) is 23.8 Å². The first-order valence-electron chi connectivity index (χ1n) is 6.32. The molecule has 20 heavy (non-hydrogen) atoms. The highest BCUT2D eigenvalue weighted by Crippen LogP contribution is 2.28. The number of hydrogen-bond donors (Lipinski definition) is 1. The van der Waals surface area contributed by atoms with Crippen LogP contribution < -0.4 is 0 Å². The number of nitrogens with zero attached hydrogens (tertiary/aromatic N) is 1. The molecule has 0 saturated carbocycles. The van der Waals surface area contributed by atoms with Crippen LogP contribution in [-0.2, 0) is 14.8 Å². The maximum absolute atomic E-state index is 12.7. The SMILES string of the molecule is COC(=O)c1ccccc1S(=O)(=O)N1CCC[C@H]1CO. The smallest absolute Gasteiger partial charge is 0.339 e. The summed E-state index contributed by atoms with van der Waals surface area (Å²) in [5.41, 5.74) is 0.0126. The average Bonchev–Trinajstić information content (AvgIpc) is 2.95. The van der Waals surface area contributed by atoms with Gasteiger partial charge in [0.15, 0.2) is 0 Å². The molecule has 0 spiro atoms. The lowest BCUT2D eigenvalue weighted by Crippen LogP contribution is -2.38. The Hall–Kier alpha value is -1.44. The topological polar surface area (TPSA) is 83.9 Å². The van der Waals surface area contributed by atoms with Gasteiger partial charge in [0.05, 0.1) is 24.2 Å². The van der Waals surface area contributed by atoms with Gasteiger partial charge in [0.1, 0.15) is 0 Å². The number of ether oxygens (including phenoxy) is 1. The zero-order chi connectivity index (χ0) is 14.8. The predicted molar refractivity (Wildman–Crippen MR) is 71.8 cm³/mol. The zero-order valence-corrected chi connectivity index (χ0v) is 12.0. The normalized spacial score (nSPS) is 20.0. The molecule has 0 aromatic heterocycles. The molecular formula is C13H17NO5S. The number of carbonyl (C=O) groups is 1. The standard InChI is InChI=1S/C13H17NO5S/c1-19-13(16)11-6-2-3-7-12(11)20(17,18)14-8-4-5-10(14)9-15/h2-3,6-7,10,15H,4-5,8-9H2,1H3/t10-/m0/s1. The van der Waals surface area contributed by atoms with Crippen LogP contribution in [0.25, 0.3) is 0 Å². The van der Waals surface area contributed by atoms with Crippen molar-refractivity contribution in [1.29, 1.82) is 0 Å². The molecule has 0 amide bonds. The Labute approximate surface area is 118 Å². The largest absolute Gasteiger partial charge is 0.465 e. The second kappa shape index (κ2) is 5.90. The molecule has 1 N–H and O–H groups in total. The van der Waals surface area contributed by atoms with E-state index in [1.165, 1.54) is 23.5 Å². The fraction of sp³-hybridized carbons (Fsp3) is 0.462. The van der Waals surface area contributed by atoms with Gasteiger partial charge in [-0.2, -0.15) is 4.31 Å². The quantitative estimate of drug-likeness (QED) is 0.824. The molecule has 7 heteroatoms. The summed E-state index contributed by atoms with van der Waals surface area (Å²) in [5, 5.41) is 9.27. The van der Waals surface area contributed by atoms with Crippen molar-refractivity contribution in [3.8, 4) is 0 Å². The number of rotatable bonds is 4. The van der Waals surface area contributed by atoms with Crippen molar-refractivity contribution < 1.29 is 23.1 Å². The summed E-state index contributed by atoms with van der Waals surface area (Å²) < 4.78 is 31.2. The van der Waals surface area contributed by atoms with E-state index in [1.54, 1.807) is 12.1 Å². The van der Waals surface area contributed by atoms with Crippen LogP contribution >= 0.6 is 0 Å². The molecule has 2 rings (SSSR count). The van der Waals surface area contributed by atoms with Crippen molar-refractivity contribution in [3.63, 3.8) is 0 Å². The van der Waals surface area contributed by atoms with E-state index in [0.717, 1.165) is 0 Å². The number of benzene rings is 1. The summed E-state index contributed by atoms with van der Waals surface area (Å²) in [6.45, 7) is 0.128. The first kappa shape index (κ1) is 15.0. The molecule has 1 aliphatic rings. The second-order valence-electron chi connectivity index (χ2n) is 4.58. The van der Waals surface area contributed by atoms with Gasteiger partial charge in [-0.3, -0.25) is 0 Å². The molecule has 0 unspecified atom stereocenters. The number of sulfonamides is 1. The van der Waals surface area contributed by atoms with Crippen molar-refractivity contribution in [1.82, 2.24) is 4.31 Å². The third-order valence-corrected chi connectivity index (χ3v) is 5.42. The molecule has 0 bridgehead atoms. The zero-order valence-electron chi connectivity index (χ0n) is 11.2. The molecule has 6 nitrogen and oxygen atoms in total. The Morgan fingerprint density at radius 2 is 2.15 bits per heavy atom. The highest BCUT2D eigenvalue weighted by Gasteiger charge is 2.36. The highest BCUT2D eigenvalue weighted by molar-refractivity contribution is 7.89. The minimum absolute atomic E-state index is 0.0126. The first-order valence-corrected chi connectivity index (χ1v) is 7.76. The van der Waals surface area contributed by atoms with Gasteiger partial charge in [-0.1, -0.05) is 12.1 Å². The van der Waals surface area contributed by atoms with Crippen LogP contribution in [0.1, 0.15) is 23.2 Å². The van der Waals surface area contributed by atoms with E-state index in [0.29, 0.717) is 19.4 Å². The number of carbonyl (C=O) groups excluding carboxylic acids is 1. The molecular weight excluding hydrogens is 282 g/mol. The fourth-order valence-electron chi connectivity index (χ4n) is 2.40. The molecule has 1 heterocycles. The first-order chi connectivity index (χ1) is 9.52. The third kappa shape index (κ3) is 2.56. The molecule has 1 fully saturated rings. The van der Waals surface area contributed by atoms with Crippen LogP contribution in [-0.4, -0.2) is 50.1 Å². The summed E-state index contributed by atoms with van der Waals surface area (Å²) in [6.07, 6.45) is 1.32. The van der Waals surface area contributed by atoms with Gasteiger partial charge in [-0.25, -0.2) is 13.2 Å². The molecule has 1 aromatic carbocycles. The van der Waals surface area contributed by atoms with Gasteiger partial charge >= 0.3 is 5.97 Å². The van der Waals surface area contributed by atoms with Gasteiger partial charge in [-0.05, 0) is 25.0 Å². The van der Waals surface area contributed by atoms with Gasteiger partial charge in [-0.15, -0.1) is 0 Å². The fourth-order valence-corrected chi connectivity index (χ4v) is 4.27. The Morgan fingerprint density at radius 3 is 2.80 bits per heavy atom. The van der Waals surface area contributed by atoms with Crippen LogP contribution in [0.5, 0.6) is 0 Å². The Bertz CT molecular complexity index is 599. The van der Waals surface area contributed by atoms with E-state index < -0.39 is 22.0 Å². The molecule has 1 saturated heterocycles. The molecule has 1 aliphatic heterocycles. The van der Waals surface area contributed by atoms with E-state index in [2.05, 4.69) is 4.74 Å². The van der Waals surface area contributed by atoms with Gasteiger partial charge in [0.2, 0.25) is 10.0 Å². The number of methoxy groups -OCH3 is 1. The number of aliphatic hydroxyl groups is 1. The lowest BCUT2D eigenvalue weighted by molar-refractivity contribution is 0.0596. The maximum atomic E-state index is 12.7. The number of aliphatic hydroxyl groups excluding tert-OH is 1. The average molecular weight is 299 g/mol. The van der Waals surface area contributed by atoms with Crippen molar-refractivity contribution in [2.24, 2.45) is 0 Å². The summed E-state index contributed by atoms with van der Waals surface area (Å²) in [7, 11) is -2.61. The number of hydrogen-bond acceptors (Lipinski definition) is 5. The lowest BCUT2D eigenvalue weighted by Gasteiger charge is -2.23. The molecule has 0 radical (unpaired) electrons. The Kier molecular flexibility index (Phi) is 4.42. The van der Waals surface area contributed by atoms with Crippen molar-refractivity contribution in [3.05, 3.63) is 29.8 Å². The molecule has 1 aromatic rings. The van der Waals surface area contributed by atoms with E-state index >= 15 is 0 Å². The van der Waals surface area contributed by atoms with Gasteiger partial charge in [0, 0.05) is 12.6 Å². The van der Waals surface area contributed by atoms with E-state index in [4.69, 9.17) is 0 Å². The third-order valence-electron chi connectivity index (χ3n) is 3.41. The predicted octanol–water partition coefficient (Wildman–Crippen LogP) is 0.619. The van der Waals surface area contributed by atoms with Crippen LogP contribution in [0.4, 0.5) is 0 Å². The minimum Gasteiger partial charge on any atom is -0.465 e. The van der Waals surface area contributed by atoms with Crippen LogP contribution in [0.15, 0.2) is 29.2 Å². The highest BCUT2D eigenvalue weighted by atomic mass is 32.2. The summed E-state index contributed by atoms with van der Waals surface area (Å²) in [4.78, 5) is 11.6. The van der Waals surface area contributed by atoms with E-state index in [9.17, 15) is 18.3 Å². The monoisotopic (exact) mass is 299 g/mol. The second-order valence-corrected chi connectivity index (χ2v) is 6.44. The summed E-state index contributed by atoms with van der Waals surface area (Å²) in [5.74, 6) is -0.691. The van der Waals surface area contributed by atoms with Crippen LogP contribution in [0, 0.1) is 0 Å². The van der Waals surface area contributed by atoms with E-state index in [1.807, 2.05) is 0 Å². The Balaban J connectivity index is 2.47. The molecule has 110 valence electrons. The van der Waals surface area contributed by atoms with Crippen LogP contribution in [0.2, 0.25) is 0 Å². The molecule has 1 atom stereocenters. The summed E-state index contributed by atoms with van der Waals surface area (Å²) in [6, 6.07) is 5.52. The maximum Gasteiger partial charge on any atom is 0.339 e. The lowest BCUT2D eigenvalue weighted by atomic mass is 10.2. The van der Waals surface area contributed by atoms with Crippen LogP contribution in [0.3, 0.4) is 0 Å². The van der Waals surface area contributed by atoms with Gasteiger partial charge in [0.25, 0.3) is 0 Å². The minimum atomic E-state index is -3.81. The van der Waals surface area contributed by atoms with Gasteiger partial charge < -0.3 is 9.84 Å².